The van der Waals surface area contributed by atoms with Crippen molar-refractivity contribution in [3.05, 3.63) is 24.1 Å². The number of carbonyl (C=O) groups is 1. The largest absolute Gasteiger partial charge is 0.441 e. The van der Waals surface area contributed by atoms with Gasteiger partial charge in [-0.25, -0.2) is 4.98 Å². The van der Waals surface area contributed by atoms with Gasteiger partial charge < -0.3 is 14.1 Å². The summed E-state index contributed by atoms with van der Waals surface area (Å²) in [6.07, 6.45) is 1.51. The lowest BCUT2D eigenvalue weighted by Crippen LogP contribution is -2.18. The predicted octanol–water partition coefficient (Wildman–Crippen LogP) is 2.94. The minimum Gasteiger partial charge on any atom is -0.441 e. The van der Waals surface area contributed by atoms with Crippen LogP contribution in [0.2, 0.25) is 0 Å². The van der Waals surface area contributed by atoms with Crippen LogP contribution in [-0.2, 0) is 4.79 Å². The van der Waals surface area contributed by atoms with Crippen molar-refractivity contribution in [1.82, 2.24) is 4.98 Å². The van der Waals surface area contributed by atoms with Crippen LogP contribution in [0.1, 0.15) is 25.7 Å². The number of benzene rings is 1. The molecule has 0 saturated carbocycles. The number of aryl methyl sites for hydroxylation is 1. The Kier molecular flexibility index (Phi) is 3.65. The third-order valence-corrected chi connectivity index (χ3v) is 2.94. The van der Waals surface area contributed by atoms with E-state index in [0.29, 0.717) is 12.3 Å². The molecule has 0 saturated heterocycles. The first-order valence-electron chi connectivity index (χ1n) is 6.14. The molecule has 0 spiro atoms. The van der Waals surface area contributed by atoms with E-state index in [0.717, 1.165) is 29.8 Å². The third kappa shape index (κ3) is 2.88. The highest BCUT2D eigenvalue weighted by Crippen LogP contribution is 2.22. The Bertz CT molecular complexity index is 560. The monoisotopic (exact) mass is 246 g/mol. The Labute approximate surface area is 107 Å². The van der Waals surface area contributed by atoms with Gasteiger partial charge in [0.1, 0.15) is 11.3 Å². The molecule has 0 fully saturated rings. The van der Waals surface area contributed by atoms with Gasteiger partial charge in [0, 0.05) is 38.7 Å². The van der Waals surface area contributed by atoms with E-state index in [2.05, 4.69) is 9.88 Å². The summed E-state index contributed by atoms with van der Waals surface area (Å²) in [5.74, 6) is 0.922. The number of rotatable bonds is 5. The lowest BCUT2D eigenvalue weighted by molar-refractivity contribution is -0.117. The summed E-state index contributed by atoms with van der Waals surface area (Å²) in [4.78, 5) is 17.3. The second-order valence-corrected chi connectivity index (χ2v) is 4.61. The summed E-state index contributed by atoms with van der Waals surface area (Å²) in [5, 5.41) is 0. The number of Topliss-reactive ketones (excluding diaryl/α,β-unsaturated/α-hetero) is 1. The molecule has 1 heterocycles. The molecule has 2 aromatic rings. The Morgan fingerprint density at radius 3 is 2.94 bits per heavy atom. The molecule has 2 rings (SSSR count). The molecule has 1 aromatic carbocycles. The molecule has 4 nitrogen and oxygen atoms in total. The zero-order chi connectivity index (χ0) is 13.1. The minimum atomic E-state index is 0.240. The Morgan fingerprint density at radius 1 is 1.44 bits per heavy atom. The molecule has 0 radical (unpaired) electrons. The summed E-state index contributed by atoms with van der Waals surface area (Å²) in [6.45, 7) is 4.33. The molecule has 0 unspecified atom stereocenters. The molecule has 0 atom stereocenters. The molecule has 0 aliphatic heterocycles. The van der Waals surface area contributed by atoms with E-state index in [1.807, 2.05) is 32.2 Å². The van der Waals surface area contributed by atoms with Gasteiger partial charge in [-0.15, -0.1) is 0 Å². The average Bonchev–Trinajstić information content (AvgIpc) is 2.67. The van der Waals surface area contributed by atoms with E-state index in [9.17, 15) is 4.79 Å². The molecule has 1 aromatic heterocycles. The quantitative estimate of drug-likeness (QED) is 0.813. The maximum atomic E-state index is 10.9. The predicted molar refractivity (Wildman–Crippen MR) is 71.9 cm³/mol. The maximum Gasteiger partial charge on any atom is 0.192 e. The number of hydrogen-bond donors (Lipinski definition) is 0. The van der Waals surface area contributed by atoms with Gasteiger partial charge in [-0.05, 0) is 25.5 Å². The van der Waals surface area contributed by atoms with Crippen LogP contribution >= 0.6 is 0 Å². The van der Waals surface area contributed by atoms with Crippen molar-refractivity contribution >= 4 is 22.6 Å². The number of nitrogens with zero attached hydrogens (tertiary/aromatic N) is 2. The molecule has 96 valence electrons. The van der Waals surface area contributed by atoms with E-state index in [4.69, 9.17) is 4.42 Å². The van der Waals surface area contributed by atoms with Gasteiger partial charge in [0.15, 0.2) is 11.5 Å². The molecule has 18 heavy (non-hydrogen) atoms. The highest BCUT2D eigenvalue weighted by Gasteiger charge is 2.06. The third-order valence-electron chi connectivity index (χ3n) is 2.94. The number of oxazole rings is 1. The number of carbonyl (C=O) groups excluding carboxylic acids is 1. The van der Waals surface area contributed by atoms with E-state index in [1.165, 1.54) is 0 Å². The molecular formula is C14H18N2O2. The van der Waals surface area contributed by atoms with E-state index in [-0.39, 0.29) is 5.78 Å². The molecule has 4 heteroatoms. The molecular weight excluding hydrogens is 228 g/mol. The summed E-state index contributed by atoms with van der Waals surface area (Å²) < 4.78 is 5.51. The van der Waals surface area contributed by atoms with Crippen molar-refractivity contribution in [2.75, 3.05) is 18.5 Å². The van der Waals surface area contributed by atoms with E-state index < -0.39 is 0 Å². The van der Waals surface area contributed by atoms with Crippen molar-refractivity contribution in [3.8, 4) is 0 Å². The Hall–Kier alpha value is -1.84. The standard InChI is InChI=1S/C14H18N2O2/c1-10(17)5-4-8-16(3)12-6-7-13-14(9-12)18-11(2)15-13/h6-7,9H,4-5,8H2,1-3H3. The Balaban J connectivity index is 2.07. The minimum absolute atomic E-state index is 0.240. The molecule has 0 aliphatic carbocycles. The highest BCUT2D eigenvalue weighted by molar-refractivity contribution is 5.77. The van der Waals surface area contributed by atoms with Crippen LogP contribution in [-0.4, -0.2) is 24.4 Å². The number of aromatic nitrogens is 1. The number of anilines is 1. The molecule has 0 N–H and O–H groups in total. The lowest BCUT2D eigenvalue weighted by atomic mass is 10.2. The maximum absolute atomic E-state index is 10.9. The lowest BCUT2D eigenvalue weighted by Gasteiger charge is -2.18. The fourth-order valence-electron chi connectivity index (χ4n) is 1.96. The van der Waals surface area contributed by atoms with Crippen molar-refractivity contribution in [1.29, 1.82) is 0 Å². The Morgan fingerprint density at radius 2 is 2.22 bits per heavy atom. The first kappa shape index (κ1) is 12.6. The average molecular weight is 246 g/mol. The summed E-state index contributed by atoms with van der Waals surface area (Å²) in [6, 6.07) is 5.98. The summed E-state index contributed by atoms with van der Waals surface area (Å²) in [5.41, 5.74) is 2.78. The van der Waals surface area contributed by atoms with Crippen molar-refractivity contribution in [3.63, 3.8) is 0 Å². The molecule has 0 bridgehead atoms. The molecule has 0 amide bonds. The van der Waals surface area contributed by atoms with Gasteiger partial charge >= 0.3 is 0 Å². The fourth-order valence-corrected chi connectivity index (χ4v) is 1.96. The van der Waals surface area contributed by atoms with Crippen LogP contribution in [0.15, 0.2) is 22.6 Å². The van der Waals surface area contributed by atoms with Crippen molar-refractivity contribution in [2.45, 2.75) is 26.7 Å². The van der Waals surface area contributed by atoms with Gasteiger partial charge in [-0.2, -0.15) is 0 Å². The second-order valence-electron chi connectivity index (χ2n) is 4.61. The highest BCUT2D eigenvalue weighted by atomic mass is 16.3. The van der Waals surface area contributed by atoms with Gasteiger partial charge in [0.2, 0.25) is 0 Å². The summed E-state index contributed by atoms with van der Waals surface area (Å²) >= 11 is 0. The van der Waals surface area contributed by atoms with Crippen LogP contribution in [0.25, 0.3) is 11.1 Å². The van der Waals surface area contributed by atoms with Gasteiger partial charge in [0.05, 0.1) is 0 Å². The van der Waals surface area contributed by atoms with Crippen LogP contribution in [0, 0.1) is 6.92 Å². The first-order chi connectivity index (χ1) is 8.56. The van der Waals surface area contributed by atoms with Crippen molar-refractivity contribution < 1.29 is 9.21 Å². The number of ketones is 1. The SMILES string of the molecule is CC(=O)CCCN(C)c1ccc2nc(C)oc2c1. The van der Waals surface area contributed by atoms with Crippen LogP contribution < -0.4 is 4.90 Å². The van der Waals surface area contributed by atoms with Crippen LogP contribution in [0.5, 0.6) is 0 Å². The van der Waals surface area contributed by atoms with Crippen LogP contribution in [0.3, 0.4) is 0 Å². The summed E-state index contributed by atoms with van der Waals surface area (Å²) in [7, 11) is 2.02. The van der Waals surface area contributed by atoms with Gasteiger partial charge in [-0.3, -0.25) is 0 Å². The zero-order valence-corrected chi connectivity index (χ0v) is 11.1. The smallest absolute Gasteiger partial charge is 0.192 e. The first-order valence-corrected chi connectivity index (χ1v) is 6.14. The normalized spacial score (nSPS) is 10.8. The second kappa shape index (κ2) is 5.21. The van der Waals surface area contributed by atoms with E-state index >= 15 is 0 Å². The van der Waals surface area contributed by atoms with Crippen LogP contribution in [0.4, 0.5) is 5.69 Å². The van der Waals surface area contributed by atoms with Gasteiger partial charge in [0.25, 0.3) is 0 Å². The van der Waals surface area contributed by atoms with Gasteiger partial charge in [-0.1, -0.05) is 0 Å². The van der Waals surface area contributed by atoms with E-state index in [1.54, 1.807) is 6.92 Å². The topological polar surface area (TPSA) is 46.3 Å². The fraction of sp³-hybridized carbons (Fsp3) is 0.429. The number of hydrogen-bond acceptors (Lipinski definition) is 4. The molecule has 0 aliphatic rings. The zero-order valence-electron chi connectivity index (χ0n) is 11.1. The van der Waals surface area contributed by atoms with Crippen molar-refractivity contribution in [2.24, 2.45) is 0 Å². The number of fused-ring (bicyclic) bond motifs is 1.